The van der Waals surface area contributed by atoms with Gasteiger partial charge in [-0.15, -0.1) is 0 Å². The Hall–Kier alpha value is -2.48. The maximum Gasteiger partial charge on any atom is 0.277 e. The molecule has 0 fully saturated rings. The zero-order chi connectivity index (χ0) is 12.3. The average Bonchev–Trinajstić information content (AvgIpc) is 2.75. The molecule has 0 bridgehead atoms. The monoisotopic (exact) mass is 233 g/mol. The number of aromatic nitrogens is 4. The van der Waals surface area contributed by atoms with Gasteiger partial charge in [0.25, 0.3) is 5.91 Å². The number of nitrogens with one attached hydrogen (secondary N) is 2. The number of hydrazine groups is 1. The van der Waals surface area contributed by atoms with E-state index in [9.17, 15) is 4.79 Å². The third kappa shape index (κ3) is 2.55. The van der Waals surface area contributed by atoms with Crippen LogP contribution in [0.4, 0.5) is 11.6 Å². The van der Waals surface area contributed by atoms with Gasteiger partial charge in [-0.2, -0.15) is 5.10 Å². The number of nitrogens with two attached hydrogens (primary N) is 1. The molecular formula is C9H11N7O. The smallest absolute Gasteiger partial charge is 0.277 e. The number of carbonyl (C=O) groups excluding carboxylic acids is 1. The molecule has 2 heterocycles. The van der Waals surface area contributed by atoms with Crippen LogP contribution in [0.15, 0.2) is 24.7 Å². The predicted molar refractivity (Wildman–Crippen MR) is 61.0 cm³/mol. The van der Waals surface area contributed by atoms with Gasteiger partial charge in [-0.3, -0.25) is 9.48 Å². The van der Waals surface area contributed by atoms with E-state index in [4.69, 9.17) is 5.84 Å². The second-order valence-electron chi connectivity index (χ2n) is 3.26. The van der Waals surface area contributed by atoms with Gasteiger partial charge < -0.3 is 10.7 Å². The number of hydrogen-bond donors (Lipinski definition) is 3. The van der Waals surface area contributed by atoms with Crippen molar-refractivity contribution in [2.75, 3.05) is 10.7 Å². The van der Waals surface area contributed by atoms with Crippen molar-refractivity contribution in [2.24, 2.45) is 12.9 Å². The number of anilines is 2. The fourth-order valence-electron chi connectivity index (χ4n) is 1.18. The van der Waals surface area contributed by atoms with Gasteiger partial charge in [0.1, 0.15) is 5.69 Å². The van der Waals surface area contributed by atoms with Crippen molar-refractivity contribution >= 4 is 17.5 Å². The summed E-state index contributed by atoms with van der Waals surface area (Å²) in [6, 6.07) is 1.68. The summed E-state index contributed by atoms with van der Waals surface area (Å²) >= 11 is 0. The number of hydrogen-bond acceptors (Lipinski definition) is 6. The molecule has 2 aromatic heterocycles. The first kappa shape index (κ1) is 11.0. The topological polar surface area (TPSA) is 111 Å². The molecule has 0 aliphatic carbocycles. The van der Waals surface area contributed by atoms with Gasteiger partial charge in [0.15, 0.2) is 11.6 Å². The van der Waals surface area contributed by atoms with Crippen molar-refractivity contribution < 1.29 is 4.79 Å². The first-order valence-electron chi connectivity index (χ1n) is 4.78. The van der Waals surface area contributed by atoms with Crippen LogP contribution >= 0.6 is 0 Å². The molecule has 0 aliphatic heterocycles. The summed E-state index contributed by atoms with van der Waals surface area (Å²) in [5.41, 5.74) is 2.51. The standard InChI is InChI=1S/C9H11N7O/c1-16-3-2-7(15-16)13-9(17)6-4-12-8(14-10)5-11-6/h2-5H,10H2,1H3,(H,12,14)(H,13,15,17). The third-order valence-corrected chi connectivity index (χ3v) is 1.99. The molecule has 0 aromatic carbocycles. The quantitative estimate of drug-likeness (QED) is 0.498. The van der Waals surface area contributed by atoms with Crippen molar-refractivity contribution in [3.63, 3.8) is 0 Å². The van der Waals surface area contributed by atoms with E-state index >= 15 is 0 Å². The molecule has 0 saturated heterocycles. The lowest BCUT2D eigenvalue weighted by molar-refractivity contribution is 0.102. The van der Waals surface area contributed by atoms with Crippen LogP contribution in [0.5, 0.6) is 0 Å². The molecule has 2 rings (SSSR count). The van der Waals surface area contributed by atoms with E-state index in [2.05, 4.69) is 25.8 Å². The van der Waals surface area contributed by atoms with Crippen LogP contribution in [0.25, 0.3) is 0 Å². The molecular weight excluding hydrogens is 222 g/mol. The lowest BCUT2D eigenvalue weighted by Crippen LogP contribution is -2.16. The highest BCUT2D eigenvalue weighted by atomic mass is 16.2. The normalized spacial score (nSPS) is 10.0. The highest BCUT2D eigenvalue weighted by Crippen LogP contribution is 2.04. The minimum atomic E-state index is -0.375. The van der Waals surface area contributed by atoms with E-state index in [0.29, 0.717) is 11.6 Å². The van der Waals surface area contributed by atoms with Gasteiger partial charge >= 0.3 is 0 Å². The van der Waals surface area contributed by atoms with Crippen LogP contribution in [0.3, 0.4) is 0 Å². The lowest BCUT2D eigenvalue weighted by Gasteiger charge is -2.02. The van der Waals surface area contributed by atoms with E-state index in [-0.39, 0.29) is 11.6 Å². The summed E-state index contributed by atoms with van der Waals surface area (Å²) in [6.45, 7) is 0. The summed E-state index contributed by atoms with van der Waals surface area (Å²) in [5.74, 6) is 5.61. The molecule has 0 radical (unpaired) electrons. The van der Waals surface area contributed by atoms with Crippen LogP contribution in [0, 0.1) is 0 Å². The first-order chi connectivity index (χ1) is 8.19. The van der Waals surface area contributed by atoms with E-state index in [1.807, 2.05) is 0 Å². The summed E-state index contributed by atoms with van der Waals surface area (Å²) in [6.07, 6.45) is 4.42. The van der Waals surface area contributed by atoms with E-state index < -0.39 is 0 Å². The van der Waals surface area contributed by atoms with Crippen molar-refractivity contribution in [1.29, 1.82) is 0 Å². The minimum absolute atomic E-state index is 0.189. The SMILES string of the molecule is Cn1ccc(NC(=O)c2cnc(NN)cn2)n1. The van der Waals surface area contributed by atoms with Gasteiger partial charge in [-0.25, -0.2) is 15.8 Å². The fourth-order valence-corrected chi connectivity index (χ4v) is 1.18. The molecule has 8 heteroatoms. The Morgan fingerprint density at radius 1 is 1.35 bits per heavy atom. The highest BCUT2D eigenvalue weighted by molar-refractivity contribution is 6.02. The molecule has 2 aromatic rings. The Labute approximate surface area is 96.8 Å². The molecule has 0 atom stereocenters. The predicted octanol–water partition coefficient (Wildman–Crippen LogP) is -0.252. The zero-order valence-corrected chi connectivity index (χ0v) is 9.08. The molecule has 4 N–H and O–H groups in total. The van der Waals surface area contributed by atoms with E-state index in [0.717, 1.165) is 0 Å². The van der Waals surface area contributed by atoms with Crippen molar-refractivity contribution in [3.8, 4) is 0 Å². The molecule has 0 unspecified atom stereocenters. The molecule has 8 nitrogen and oxygen atoms in total. The molecule has 0 aliphatic rings. The van der Waals surface area contributed by atoms with Crippen molar-refractivity contribution in [1.82, 2.24) is 19.7 Å². The number of nitrogen functional groups attached to an aromatic ring is 1. The van der Waals surface area contributed by atoms with Crippen LogP contribution < -0.4 is 16.6 Å². The summed E-state index contributed by atoms with van der Waals surface area (Å²) in [5, 5.41) is 6.61. The van der Waals surface area contributed by atoms with Crippen molar-refractivity contribution in [3.05, 3.63) is 30.4 Å². The summed E-state index contributed by atoms with van der Waals surface area (Å²) in [7, 11) is 1.76. The van der Waals surface area contributed by atoms with Gasteiger partial charge in [-0.05, 0) is 0 Å². The summed E-state index contributed by atoms with van der Waals surface area (Å²) < 4.78 is 1.59. The first-order valence-corrected chi connectivity index (χ1v) is 4.78. The zero-order valence-electron chi connectivity index (χ0n) is 9.08. The van der Waals surface area contributed by atoms with Gasteiger partial charge in [0.05, 0.1) is 12.4 Å². The maximum atomic E-state index is 11.7. The second kappa shape index (κ2) is 4.58. The van der Waals surface area contributed by atoms with Crippen LogP contribution in [0.2, 0.25) is 0 Å². The number of carbonyl (C=O) groups is 1. The number of aryl methyl sites for hydroxylation is 1. The highest BCUT2D eigenvalue weighted by Gasteiger charge is 2.09. The average molecular weight is 233 g/mol. The van der Waals surface area contributed by atoms with Gasteiger partial charge in [0, 0.05) is 19.3 Å². The van der Waals surface area contributed by atoms with E-state index in [1.54, 1.807) is 24.0 Å². The van der Waals surface area contributed by atoms with Gasteiger partial charge in [-0.1, -0.05) is 0 Å². The Morgan fingerprint density at radius 3 is 2.71 bits per heavy atom. The van der Waals surface area contributed by atoms with Gasteiger partial charge in [0.2, 0.25) is 0 Å². The Balaban J connectivity index is 2.09. The molecule has 17 heavy (non-hydrogen) atoms. The van der Waals surface area contributed by atoms with E-state index in [1.165, 1.54) is 12.4 Å². The Kier molecular flexibility index (Phi) is 2.97. The number of amides is 1. The largest absolute Gasteiger partial charge is 0.307 e. The maximum absolute atomic E-state index is 11.7. The molecule has 0 saturated carbocycles. The number of rotatable bonds is 3. The van der Waals surface area contributed by atoms with Crippen LogP contribution in [-0.4, -0.2) is 25.7 Å². The van der Waals surface area contributed by atoms with Crippen molar-refractivity contribution in [2.45, 2.75) is 0 Å². The minimum Gasteiger partial charge on any atom is -0.307 e. The van der Waals surface area contributed by atoms with Crippen LogP contribution in [-0.2, 0) is 7.05 Å². The summed E-state index contributed by atoms with van der Waals surface area (Å²) in [4.78, 5) is 19.5. The Bertz CT molecular complexity index is 518. The number of nitrogens with zero attached hydrogens (tertiary/aromatic N) is 4. The molecule has 0 spiro atoms. The second-order valence-corrected chi connectivity index (χ2v) is 3.26. The fraction of sp³-hybridized carbons (Fsp3) is 0.111. The Morgan fingerprint density at radius 2 is 2.18 bits per heavy atom. The molecule has 88 valence electrons. The third-order valence-electron chi connectivity index (χ3n) is 1.99. The van der Waals surface area contributed by atoms with Crippen LogP contribution in [0.1, 0.15) is 10.5 Å². The molecule has 1 amide bonds. The lowest BCUT2D eigenvalue weighted by atomic mass is 10.4.